The molecule has 2 heterocycles. The van der Waals surface area contributed by atoms with Gasteiger partial charge >= 0.3 is 0 Å². The van der Waals surface area contributed by atoms with Crippen molar-refractivity contribution in [3.05, 3.63) is 59.6 Å². The highest BCUT2D eigenvalue weighted by atomic mass is 35.5. The van der Waals surface area contributed by atoms with Crippen molar-refractivity contribution in [2.75, 3.05) is 5.32 Å². The zero-order valence-electron chi connectivity index (χ0n) is 10.2. The van der Waals surface area contributed by atoms with E-state index in [0.717, 1.165) is 0 Å². The molecule has 1 N–H and O–H groups in total. The van der Waals surface area contributed by atoms with Gasteiger partial charge in [0, 0.05) is 23.6 Å². The second-order valence-electron chi connectivity index (χ2n) is 4.04. The summed E-state index contributed by atoms with van der Waals surface area (Å²) in [5, 5.41) is 3.23. The second-order valence-corrected chi connectivity index (χ2v) is 4.48. The van der Waals surface area contributed by atoms with Crippen LogP contribution >= 0.6 is 11.6 Å². The smallest absolute Gasteiger partial charge is 0.274 e. The van der Waals surface area contributed by atoms with Crippen molar-refractivity contribution in [1.29, 1.82) is 0 Å². The van der Waals surface area contributed by atoms with Gasteiger partial charge in [-0.2, -0.15) is 0 Å². The summed E-state index contributed by atoms with van der Waals surface area (Å²) in [6, 6.07) is 8.52. The predicted molar refractivity (Wildman–Crippen MR) is 76.7 cm³/mol. The van der Waals surface area contributed by atoms with Gasteiger partial charge in [-0.15, -0.1) is 0 Å². The van der Waals surface area contributed by atoms with E-state index >= 15 is 0 Å². The molecule has 0 unspecified atom stereocenters. The van der Waals surface area contributed by atoms with Gasteiger partial charge < -0.3 is 5.32 Å². The number of carbonyl (C=O) groups excluding carboxylic acids is 1. The molecule has 3 rings (SSSR count). The van der Waals surface area contributed by atoms with E-state index in [-0.39, 0.29) is 11.6 Å². The van der Waals surface area contributed by atoms with Crippen LogP contribution in [0.4, 0.5) is 5.69 Å². The van der Waals surface area contributed by atoms with Crippen LogP contribution in [0.5, 0.6) is 0 Å². The normalized spacial score (nSPS) is 10.4. The van der Waals surface area contributed by atoms with Crippen LogP contribution in [0.2, 0.25) is 5.02 Å². The fourth-order valence-electron chi connectivity index (χ4n) is 1.81. The molecule has 0 aliphatic carbocycles. The Hall–Kier alpha value is -2.53. The van der Waals surface area contributed by atoms with Gasteiger partial charge in [0.05, 0.1) is 11.2 Å². The number of nitrogens with one attached hydrogen (secondary N) is 1. The number of para-hydroxylation sites is 1. The fourth-order valence-corrected chi connectivity index (χ4v) is 1.97. The van der Waals surface area contributed by atoms with Crippen LogP contribution in [-0.2, 0) is 0 Å². The number of pyridine rings is 1. The van der Waals surface area contributed by atoms with Crippen molar-refractivity contribution in [2.24, 2.45) is 0 Å². The average molecular weight is 285 g/mol. The first kappa shape index (κ1) is 12.5. The van der Waals surface area contributed by atoms with Gasteiger partial charge in [-0.3, -0.25) is 19.7 Å². The Morgan fingerprint density at radius 1 is 1.05 bits per heavy atom. The van der Waals surface area contributed by atoms with Crippen LogP contribution in [0.1, 0.15) is 10.5 Å². The molecule has 20 heavy (non-hydrogen) atoms. The number of nitrogens with zero attached hydrogens (tertiary/aromatic N) is 3. The van der Waals surface area contributed by atoms with Gasteiger partial charge in [-0.1, -0.05) is 17.7 Å². The third-order valence-corrected chi connectivity index (χ3v) is 2.94. The molecule has 0 aliphatic rings. The molecule has 0 saturated heterocycles. The first-order chi connectivity index (χ1) is 9.74. The van der Waals surface area contributed by atoms with Gasteiger partial charge in [0.2, 0.25) is 0 Å². The zero-order chi connectivity index (χ0) is 13.9. The molecule has 0 atom stereocenters. The van der Waals surface area contributed by atoms with Crippen molar-refractivity contribution in [1.82, 2.24) is 15.0 Å². The molecule has 0 bridgehead atoms. The van der Waals surface area contributed by atoms with Crippen molar-refractivity contribution in [2.45, 2.75) is 0 Å². The monoisotopic (exact) mass is 284 g/mol. The Balaban J connectivity index is 1.95. The van der Waals surface area contributed by atoms with Crippen molar-refractivity contribution in [3.63, 3.8) is 0 Å². The molecule has 3 aromatic rings. The average Bonchev–Trinajstić information content (AvgIpc) is 2.47. The highest BCUT2D eigenvalue weighted by Gasteiger charge is 2.10. The number of amides is 1. The molecule has 1 aromatic carbocycles. The quantitative estimate of drug-likeness (QED) is 0.785. The molecule has 1 amide bonds. The zero-order valence-corrected chi connectivity index (χ0v) is 11.0. The predicted octanol–water partition coefficient (Wildman–Crippen LogP) is 2.93. The van der Waals surface area contributed by atoms with E-state index in [2.05, 4.69) is 20.3 Å². The van der Waals surface area contributed by atoms with E-state index in [1.807, 2.05) is 6.07 Å². The number of hydrogen-bond acceptors (Lipinski definition) is 4. The molecule has 0 fully saturated rings. The van der Waals surface area contributed by atoms with Gasteiger partial charge in [-0.05, 0) is 24.3 Å². The van der Waals surface area contributed by atoms with E-state index in [4.69, 9.17) is 11.6 Å². The van der Waals surface area contributed by atoms with E-state index in [0.29, 0.717) is 21.7 Å². The van der Waals surface area contributed by atoms with Gasteiger partial charge in [0.25, 0.3) is 5.91 Å². The van der Waals surface area contributed by atoms with E-state index in [1.165, 1.54) is 12.3 Å². The second kappa shape index (κ2) is 5.22. The third kappa shape index (κ3) is 2.44. The highest BCUT2D eigenvalue weighted by molar-refractivity contribution is 6.31. The molecule has 6 heteroatoms. The first-order valence-electron chi connectivity index (χ1n) is 5.87. The summed E-state index contributed by atoms with van der Waals surface area (Å²) in [4.78, 5) is 24.5. The van der Waals surface area contributed by atoms with E-state index in [9.17, 15) is 4.79 Å². The third-order valence-electron chi connectivity index (χ3n) is 2.70. The summed E-state index contributed by atoms with van der Waals surface area (Å²) in [7, 11) is 0. The number of aromatic nitrogens is 3. The SMILES string of the molecule is O=C(Nc1cccc2nccnc12)c1cc(Cl)ccn1. The number of halogens is 1. The van der Waals surface area contributed by atoms with Crippen molar-refractivity contribution in [3.8, 4) is 0 Å². The van der Waals surface area contributed by atoms with E-state index < -0.39 is 0 Å². The maximum atomic E-state index is 12.1. The first-order valence-corrected chi connectivity index (χ1v) is 6.24. The van der Waals surface area contributed by atoms with Gasteiger partial charge in [0.15, 0.2) is 0 Å². The minimum Gasteiger partial charge on any atom is -0.319 e. The van der Waals surface area contributed by atoms with Crippen molar-refractivity contribution >= 4 is 34.2 Å². The molecular formula is C14H9ClN4O. The lowest BCUT2D eigenvalue weighted by Gasteiger charge is -2.07. The van der Waals surface area contributed by atoms with E-state index in [1.54, 1.807) is 30.6 Å². The summed E-state index contributed by atoms with van der Waals surface area (Å²) in [6.07, 6.45) is 4.67. The minimum atomic E-state index is -0.342. The van der Waals surface area contributed by atoms with Crippen LogP contribution in [0.25, 0.3) is 11.0 Å². The van der Waals surface area contributed by atoms with Crippen LogP contribution < -0.4 is 5.32 Å². The van der Waals surface area contributed by atoms with Crippen LogP contribution in [0.3, 0.4) is 0 Å². The minimum absolute atomic E-state index is 0.249. The Labute approximate surface area is 119 Å². The maximum Gasteiger partial charge on any atom is 0.274 e. The molecule has 0 aliphatic heterocycles. The van der Waals surface area contributed by atoms with Gasteiger partial charge in [0.1, 0.15) is 11.2 Å². The molecule has 0 radical (unpaired) electrons. The molecule has 5 nitrogen and oxygen atoms in total. The highest BCUT2D eigenvalue weighted by Crippen LogP contribution is 2.19. The largest absolute Gasteiger partial charge is 0.319 e. The Morgan fingerprint density at radius 2 is 1.90 bits per heavy atom. The Bertz CT molecular complexity index is 785. The van der Waals surface area contributed by atoms with Gasteiger partial charge in [-0.25, -0.2) is 0 Å². The lowest BCUT2D eigenvalue weighted by Crippen LogP contribution is -2.14. The number of carbonyl (C=O) groups is 1. The Morgan fingerprint density at radius 3 is 2.75 bits per heavy atom. The molecule has 98 valence electrons. The standard InChI is InChI=1S/C14H9ClN4O/c15-9-4-5-16-12(8-9)14(20)19-11-3-1-2-10-13(11)18-7-6-17-10/h1-8H,(H,19,20). The van der Waals surface area contributed by atoms with Crippen LogP contribution in [-0.4, -0.2) is 20.9 Å². The topological polar surface area (TPSA) is 67.8 Å². The number of rotatable bonds is 2. The summed E-state index contributed by atoms with van der Waals surface area (Å²) >= 11 is 5.84. The maximum absolute atomic E-state index is 12.1. The van der Waals surface area contributed by atoms with Crippen LogP contribution in [0, 0.1) is 0 Å². The molecule has 0 saturated carbocycles. The Kier molecular flexibility index (Phi) is 3.26. The lowest BCUT2D eigenvalue weighted by atomic mass is 10.2. The molecule has 0 spiro atoms. The lowest BCUT2D eigenvalue weighted by molar-refractivity contribution is 0.102. The van der Waals surface area contributed by atoms with Crippen LogP contribution in [0.15, 0.2) is 48.9 Å². The number of anilines is 1. The fraction of sp³-hybridized carbons (Fsp3) is 0. The van der Waals surface area contributed by atoms with Crippen molar-refractivity contribution < 1.29 is 4.79 Å². The number of benzene rings is 1. The summed E-state index contributed by atoms with van der Waals surface area (Å²) in [6.45, 7) is 0. The summed E-state index contributed by atoms with van der Waals surface area (Å²) in [5.41, 5.74) is 2.18. The number of hydrogen-bond donors (Lipinski definition) is 1. The molecular weight excluding hydrogens is 276 g/mol. The molecule has 2 aromatic heterocycles. The summed E-state index contributed by atoms with van der Waals surface area (Å²) < 4.78 is 0. The number of fused-ring (bicyclic) bond motifs is 1. The summed E-state index contributed by atoms with van der Waals surface area (Å²) in [5.74, 6) is -0.342.